The summed E-state index contributed by atoms with van der Waals surface area (Å²) < 4.78 is 6.21. The van der Waals surface area contributed by atoms with Gasteiger partial charge in [-0.1, -0.05) is 22.0 Å². The summed E-state index contributed by atoms with van der Waals surface area (Å²) in [7, 11) is 0. The van der Waals surface area contributed by atoms with Gasteiger partial charge >= 0.3 is 6.09 Å². The molecule has 1 aliphatic carbocycles. The van der Waals surface area contributed by atoms with E-state index in [1.165, 1.54) is 5.56 Å². The zero-order valence-electron chi connectivity index (χ0n) is 13.9. The quantitative estimate of drug-likeness (QED) is 0.769. The fraction of sp³-hybridized carbons (Fsp3) is 0.556. The molecule has 2 rings (SSSR count). The van der Waals surface area contributed by atoms with Crippen LogP contribution in [0.2, 0.25) is 0 Å². The van der Waals surface area contributed by atoms with Crippen LogP contribution in [0.25, 0.3) is 0 Å². The number of aryl methyl sites for hydroxylation is 1. The lowest BCUT2D eigenvalue weighted by molar-refractivity contribution is 0.0527. The number of halogens is 1. The van der Waals surface area contributed by atoms with E-state index < -0.39 is 5.60 Å². The lowest BCUT2D eigenvalue weighted by atomic mass is 9.95. The second-order valence-corrected chi connectivity index (χ2v) is 7.99. The smallest absolute Gasteiger partial charge is 0.407 e. The van der Waals surface area contributed by atoms with Gasteiger partial charge in [0.15, 0.2) is 0 Å². The molecule has 0 heterocycles. The van der Waals surface area contributed by atoms with Crippen LogP contribution in [0.4, 0.5) is 4.79 Å². The first kappa shape index (κ1) is 17.8. The molecule has 0 spiro atoms. The molecule has 1 saturated carbocycles. The molecule has 0 unspecified atom stereocenters. The van der Waals surface area contributed by atoms with Crippen LogP contribution in [0.3, 0.4) is 0 Å². The van der Waals surface area contributed by atoms with Crippen LogP contribution in [0.15, 0.2) is 22.7 Å². The first-order chi connectivity index (χ1) is 10.7. The third kappa shape index (κ3) is 5.24. The average Bonchev–Trinajstić information content (AvgIpc) is 3.22. The van der Waals surface area contributed by atoms with Crippen molar-refractivity contribution in [2.24, 2.45) is 0 Å². The zero-order chi connectivity index (χ0) is 17.1. The molecule has 1 fully saturated rings. The molecule has 5 heteroatoms. The highest BCUT2D eigenvalue weighted by Crippen LogP contribution is 2.48. The van der Waals surface area contributed by atoms with E-state index in [-0.39, 0.29) is 11.5 Å². The number of nitriles is 1. The van der Waals surface area contributed by atoms with Crippen LogP contribution in [0, 0.1) is 11.3 Å². The van der Waals surface area contributed by atoms with Crippen molar-refractivity contribution >= 4 is 22.0 Å². The summed E-state index contributed by atoms with van der Waals surface area (Å²) in [6.45, 7) is 6.11. The number of amides is 1. The van der Waals surface area contributed by atoms with Crippen molar-refractivity contribution in [2.75, 3.05) is 6.54 Å². The van der Waals surface area contributed by atoms with Gasteiger partial charge in [0.25, 0.3) is 0 Å². The molecule has 0 radical (unpaired) electrons. The Bertz CT molecular complexity index is 625. The molecule has 1 aromatic rings. The fourth-order valence-electron chi connectivity index (χ4n) is 2.46. The van der Waals surface area contributed by atoms with Gasteiger partial charge in [-0.2, -0.15) is 5.26 Å². The second kappa shape index (κ2) is 6.92. The summed E-state index contributed by atoms with van der Waals surface area (Å²) in [6.07, 6.45) is 3.19. The normalized spacial score (nSPS) is 15.6. The largest absolute Gasteiger partial charge is 0.444 e. The van der Waals surface area contributed by atoms with Crippen LogP contribution >= 0.6 is 15.9 Å². The SMILES string of the molecule is CC(C)(C)OC(=O)NCCCc1cc(Br)cc(C2(C#N)CC2)c1. The molecular weight excluding hydrogens is 356 g/mol. The topological polar surface area (TPSA) is 62.1 Å². The van der Waals surface area contributed by atoms with Gasteiger partial charge in [0.05, 0.1) is 11.5 Å². The van der Waals surface area contributed by atoms with E-state index in [0.717, 1.165) is 35.7 Å². The monoisotopic (exact) mass is 378 g/mol. The van der Waals surface area contributed by atoms with Crippen molar-refractivity contribution < 1.29 is 9.53 Å². The number of benzene rings is 1. The maximum absolute atomic E-state index is 11.6. The lowest BCUT2D eigenvalue weighted by Gasteiger charge is -2.19. The zero-order valence-corrected chi connectivity index (χ0v) is 15.5. The van der Waals surface area contributed by atoms with E-state index in [0.29, 0.717) is 6.54 Å². The van der Waals surface area contributed by atoms with E-state index in [1.807, 2.05) is 26.8 Å². The van der Waals surface area contributed by atoms with Crippen molar-refractivity contribution in [3.63, 3.8) is 0 Å². The third-order valence-corrected chi connectivity index (χ3v) is 4.24. The Labute approximate surface area is 146 Å². The number of carbonyl (C=O) groups excluding carboxylic acids is 1. The maximum Gasteiger partial charge on any atom is 0.407 e. The molecule has 0 bridgehead atoms. The highest BCUT2D eigenvalue weighted by molar-refractivity contribution is 9.10. The average molecular weight is 379 g/mol. The predicted octanol–water partition coefficient (Wildman–Crippen LogP) is 4.46. The van der Waals surface area contributed by atoms with Gasteiger partial charge in [-0.3, -0.25) is 0 Å². The minimum atomic E-state index is -0.473. The van der Waals surface area contributed by atoms with Crippen LogP contribution in [0.1, 0.15) is 51.2 Å². The molecule has 1 aromatic carbocycles. The molecule has 0 saturated heterocycles. The summed E-state index contributed by atoms with van der Waals surface area (Å²) in [6, 6.07) is 8.67. The minimum Gasteiger partial charge on any atom is -0.444 e. The molecule has 23 heavy (non-hydrogen) atoms. The van der Waals surface area contributed by atoms with Gasteiger partial charge in [-0.15, -0.1) is 0 Å². The Kier molecular flexibility index (Phi) is 5.36. The molecule has 0 aromatic heterocycles. The van der Waals surface area contributed by atoms with Crippen molar-refractivity contribution in [3.05, 3.63) is 33.8 Å². The first-order valence-corrected chi connectivity index (χ1v) is 8.71. The van der Waals surface area contributed by atoms with Gasteiger partial charge < -0.3 is 10.1 Å². The van der Waals surface area contributed by atoms with Crippen LogP contribution in [-0.4, -0.2) is 18.2 Å². The molecule has 0 atom stereocenters. The Hall–Kier alpha value is -1.54. The summed E-state index contributed by atoms with van der Waals surface area (Å²) in [5, 5.41) is 12.1. The van der Waals surface area contributed by atoms with E-state index in [9.17, 15) is 10.1 Å². The number of hydrogen-bond donors (Lipinski definition) is 1. The second-order valence-electron chi connectivity index (χ2n) is 7.07. The van der Waals surface area contributed by atoms with Gasteiger partial charge in [0.2, 0.25) is 0 Å². The molecular formula is C18H23BrN2O2. The van der Waals surface area contributed by atoms with Crippen molar-refractivity contribution in [2.45, 2.75) is 57.5 Å². The minimum absolute atomic E-state index is 0.271. The van der Waals surface area contributed by atoms with E-state index in [2.05, 4.69) is 39.4 Å². The fourth-order valence-corrected chi connectivity index (χ4v) is 3.00. The number of nitrogens with one attached hydrogen (secondary N) is 1. The molecule has 4 nitrogen and oxygen atoms in total. The number of rotatable bonds is 5. The highest BCUT2D eigenvalue weighted by atomic mass is 79.9. The van der Waals surface area contributed by atoms with Crippen molar-refractivity contribution in [1.29, 1.82) is 5.26 Å². The van der Waals surface area contributed by atoms with Crippen molar-refractivity contribution in [3.8, 4) is 6.07 Å². The first-order valence-electron chi connectivity index (χ1n) is 7.92. The van der Waals surface area contributed by atoms with Crippen LogP contribution in [0.5, 0.6) is 0 Å². The maximum atomic E-state index is 11.6. The van der Waals surface area contributed by atoms with E-state index in [1.54, 1.807) is 0 Å². The Morgan fingerprint density at radius 1 is 1.39 bits per heavy atom. The number of carbonyl (C=O) groups is 1. The number of hydrogen-bond acceptors (Lipinski definition) is 3. The Balaban J connectivity index is 1.85. The van der Waals surface area contributed by atoms with Crippen molar-refractivity contribution in [1.82, 2.24) is 5.32 Å². The predicted molar refractivity (Wildman–Crippen MR) is 93.2 cm³/mol. The molecule has 124 valence electrons. The standard InChI is InChI=1S/C18H23BrN2O2/c1-17(2,3)23-16(22)21-8-4-5-13-9-14(11-15(19)10-13)18(12-20)6-7-18/h9-11H,4-8H2,1-3H3,(H,21,22). The summed E-state index contributed by atoms with van der Waals surface area (Å²) >= 11 is 3.53. The van der Waals surface area contributed by atoms with Gasteiger partial charge in [-0.25, -0.2) is 4.79 Å². The number of nitrogens with zero attached hydrogens (tertiary/aromatic N) is 1. The molecule has 1 aliphatic rings. The van der Waals surface area contributed by atoms with Gasteiger partial charge in [0, 0.05) is 11.0 Å². The highest BCUT2D eigenvalue weighted by Gasteiger charge is 2.45. The van der Waals surface area contributed by atoms with Gasteiger partial charge in [0.1, 0.15) is 5.60 Å². The Morgan fingerprint density at radius 3 is 2.65 bits per heavy atom. The Morgan fingerprint density at radius 2 is 2.09 bits per heavy atom. The molecule has 0 aliphatic heterocycles. The molecule has 1 N–H and O–H groups in total. The van der Waals surface area contributed by atoms with Gasteiger partial charge in [-0.05, 0) is 69.7 Å². The number of ether oxygens (including phenoxy) is 1. The summed E-state index contributed by atoms with van der Waals surface area (Å²) in [5.74, 6) is 0. The third-order valence-electron chi connectivity index (χ3n) is 3.78. The number of alkyl carbamates (subject to hydrolysis) is 1. The summed E-state index contributed by atoms with van der Waals surface area (Å²) in [5.41, 5.74) is 1.54. The lowest BCUT2D eigenvalue weighted by Crippen LogP contribution is -2.33. The molecule has 1 amide bonds. The van der Waals surface area contributed by atoms with Crippen LogP contribution < -0.4 is 5.32 Å². The van der Waals surface area contributed by atoms with Crippen LogP contribution in [-0.2, 0) is 16.6 Å². The van der Waals surface area contributed by atoms with E-state index >= 15 is 0 Å². The van der Waals surface area contributed by atoms with E-state index in [4.69, 9.17) is 4.74 Å². The summed E-state index contributed by atoms with van der Waals surface area (Å²) in [4.78, 5) is 11.6.